The lowest BCUT2D eigenvalue weighted by Crippen LogP contribution is -2.26. The Morgan fingerprint density at radius 2 is 1.56 bits per heavy atom. The first kappa shape index (κ1) is 15.2. The number of hydrogen-bond acceptors (Lipinski definition) is 1. The number of hydrogen-bond donors (Lipinski definition) is 1. The third-order valence-electron chi connectivity index (χ3n) is 3.52. The van der Waals surface area contributed by atoms with Crippen molar-refractivity contribution in [2.45, 2.75) is 60.9 Å². The number of benzene rings is 1. The fraction of sp³-hybridized carbons (Fsp3) is 0.647. The molecule has 0 aliphatic heterocycles. The van der Waals surface area contributed by atoms with Gasteiger partial charge in [-0.25, -0.2) is 0 Å². The quantitative estimate of drug-likeness (QED) is 0.813. The number of rotatable bonds is 4. The van der Waals surface area contributed by atoms with Crippen molar-refractivity contribution in [3.05, 3.63) is 34.4 Å². The second-order valence-corrected chi connectivity index (χ2v) is 6.67. The van der Waals surface area contributed by atoms with Gasteiger partial charge in [0.15, 0.2) is 0 Å². The zero-order chi connectivity index (χ0) is 13.9. The number of nitrogens with one attached hydrogen (secondary N) is 1. The van der Waals surface area contributed by atoms with E-state index in [0.29, 0.717) is 11.5 Å². The van der Waals surface area contributed by atoms with E-state index in [4.69, 9.17) is 0 Å². The molecule has 0 aromatic heterocycles. The molecule has 1 atom stereocenters. The summed E-state index contributed by atoms with van der Waals surface area (Å²) in [4.78, 5) is 0. The van der Waals surface area contributed by atoms with Crippen molar-refractivity contribution in [3.8, 4) is 0 Å². The molecule has 1 rings (SSSR count). The molecule has 1 N–H and O–H groups in total. The van der Waals surface area contributed by atoms with Crippen LogP contribution in [0.2, 0.25) is 0 Å². The van der Waals surface area contributed by atoms with Crippen LogP contribution in [-0.4, -0.2) is 6.54 Å². The minimum absolute atomic E-state index is 0.345. The van der Waals surface area contributed by atoms with Crippen LogP contribution in [0.1, 0.15) is 62.4 Å². The van der Waals surface area contributed by atoms with E-state index in [1.807, 2.05) is 0 Å². The van der Waals surface area contributed by atoms with Crippen LogP contribution in [0.4, 0.5) is 0 Å². The van der Waals surface area contributed by atoms with Crippen LogP contribution in [-0.2, 0) is 0 Å². The highest BCUT2D eigenvalue weighted by molar-refractivity contribution is 5.38. The van der Waals surface area contributed by atoms with E-state index in [0.717, 1.165) is 6.54 Å². The van der Waals surface area contributed by atoms with Crippen LogP contribution in [0.25, 0.3) is 0 Å². The van der Waals surface area contributed by atoms with Crippen molar-refractivity contribution >= 4 is 0 Å². The molecule has 0 saturated heterocycles. The monoisotopic (exact) mass is 247 g/mol. The first-order valence-corrected chi connectivity index (χ1v) is 7.05. The van der Waals surface area contributed by atoms with Gasteiger partial charge in [-0.2, -0.15) is 0 Å². The van der Waals surface area contributed by atoms with E-state index in [1.165, 1.54) is 28.7 Å². The van der Waals surface area contributed by atoms with E-state index in [-0.39, 0.29) is 0 Å². The molecule has 0 heterocycles. The SMILES string of the molecule is CCNC(CC(C)(C)C)c1cc(C)c(C)cc1C. The lowest BCUT2D eigenvalue weighted by Gasteiger charge is -2.28. The lowest BCUT2D eigenvalue weighted by atomic mass is 9.83. The standard InChI is InChI=1S/C17H29N/c1-8-18-16(11-17(5,6)7)15-10-13(3)12(2)9-14(15)4/h9-10,16,18H,8,11H2,1-7H3. The summed E-state index contributed by atoms with van der Waals surface area (Å²) < 4.78 is 0. The summed E-state index contributed by atoms with van der Waals surface area (Å²) >= 11 is 0. The highest BCUT2D eigenvalue weighted by Gasteiger charge is 2.21. The summed E-state index contributed by atoms with van der Waals surface area (Å²) in [5.74, 6) is 0. The molecule has 0 bridgehead atoms. The van der Waals surface area contributed by atoms with Gasteiger partial charge in [0.1, 0.15) is 0 Å². The predicted molar refractivity (Wildman–Crippen MR) is 81.1 cm³/mol. The van der Waals surface area contributed by atoms with Crippen LogP contribution in [0.5, 0.6) is 0 Å². The predicted octanol–water partition coefficient (Wildman–Crippen LogP) is 4.70. The van der Waals surface area contributed by atoms with Gasteiger partial charge in [0.05, 0.1) is 0 Å². The van der Waals surface area contributed by atoms with Crippen LogP contribution >= 0.6 is 0 Å². The average molecular weight is 247 g/mol. The average Bonchev–Trinajstić information content (AvgIpc) is 2.21. The third kappa shape index (κ3) is 4.13. The second-order valence-electron chi connectivity index (χ2n) is 6.67. The Hall–Kier alpha value is -0.820. The molecular weight excluding hydrogens is 218 g/mol. The Balaban J connectivity index is 3.09. The molecule has 0 aliphatic carbocycles. The minimum Gasteiger partial charge on any atom is -0.310 e. The van der Waals surface area contributed by atoms with Gasteiger partial charge in [0.25, 0.3) is 0 Å². The summed E-state index contributed by atoms with van der Waals surface area (Å²) in [6.45, 7) is 16.8. The van der Waals surface area contributed by atoms with Gasteiger partial charge in [0.2, 0.25) is 0 Å². The zero-order valence-corrected chi connectivity index (χ0v) is 13.1. The van der Waals surface area contributed by atoms with Crippen molar-refractivity contribution in [2.75, 3.05) is 6.54 Å². The molecule has 1 nitrogen and oxygen atoms in total. The normalized spacial score (nSPS) is 13.7. The molecule has 0 amide bonds. The number of aryl methyl sites for hydroxylation is 3. The molecule has 1 aromatic carbocycles. The van der Waals surface area contributed by atoms with E-state index < -0.39 is 0 Å². The third-order valence-corrected chi connectivity index (χ3v) is 3.52. The second kappa shape index (κ2) is 5.88. The summed E-state index contributed by atoms with van der Waals surface area (Å²) in [6, 6.07) is 5.15. The van der Waals surface area contributed by atoms with E-state index in [1.54, 1.807) is 0 Å². The molecule has 0 aliphatic rings. The molecule has 102 valence electrons. The van der Waals surface area contributed by atoms with E-state index >= 15 is 0 Å². The Labute approximate surface area is 113 Å². The Morgan fingerprint density at radius 1 is 1.00 bits per heavy atom. The van der Waals surface area contributed by atoms with Crippen molar-refractivity contribution in [3.63, 3.8) is 0 Å². The van der Waals surface area contributed by atoms with Crippen LogP contribution in [0, 0.1) is 26.2 Å². The molecule has 18 heavy (non-hydrogen) atoms. The van der Waals surface area contributed by atoms with Crippen molar-refractivity contribution in [1.29, 1.82) is 0 Å². The highest BCUT2D eigenvalue weighted by Crippen LogP contribution is 2.32. The maximum absolute atomic E-state index is 3.64. The van der Waals surface area contributed by atoms with Gasteiger partial charge >= 0.3 is 0 Å². The van der Waals surface area contributed by atoms with Crippen molar-refractivity contribution < 1.29 is 0 Å². The van der Waals surface area contributed by atoms with Gasteiger partial charge in [-0.3, -0.25) is 0 Å². The smallest absolute Gasteiger partial charge is 0.0327 e. The molecule has 1 heteroatoms. The van der Waals surface area contributed by atoms with E-state index in [9.17, 15) is 0 Å². The van der Waals surface area contributed by atoms with Crippen LogP contribution < -0.4 is 5.32 Å². The van der Waals surface area contributed by atoms with Crippen LogP contribution in [0.3, 0.4) is 0 Å². The summed E-state index contributed by atoms with van der Waals surface area (Å²) in [5, 5.41) is 3.64. The summed E-state index contributed by atoms with van der Waals surface area (Å²) in [5.41, 5.74) is 6.01. The Morgan fingerprint density at radius 3 is 2.06 bits per heavy atom. The highest BCUT2D eigenvalue weighted by atomic mass is 14.9. The minimum atomic E-state index is 0.345. The van der Waals surface area contributed by atoms with Crippen LogP contribution in [0.15, 0.2) is 12.1 Å². The van der Waals surface area contributed by atoms with Gasteiger partial charge in [-0.15, -0.1) is 0 Å². The Bertz CT molecular complexity index is 399. The molecule has 0 radical (unpaired) electrons. The molecule has 0 fully saturated rings. The molecule has 1 unspecified atom stereocenters. The molecular formula is C17H29N. The molecule has 0 saturated carbocycles. The fourth-order valence-electron chi connectivity index (χ4n) is 2.51. The zero-order valence-electron chi connectivity index (χ0n) is 13.1. The van der Waals surface area contributed by atoms with Gasteiger partial charge < -0.3 is 5.32 Å². The lowest BCUT2D eigenvalue weighted by molar-refractivity contribution is 0.313. The van der Waals surface area contributed by atoms with Crippen molar-refractivity contribution in [2.24, 2.45) is 5.41 Å². The fourth-order valence-corrected chi connectivity index (χ4v) is 2.51. The maximum atomic E-state index is 3.64. The topological polar surface area (TPSA) is 12.0 Å². The Kier molecular flexibility index (Phi) is 4.98. The van der Waals surface area contributed by atoms with Gasteiger partial charge in [-0.05, 0) is 61.4 Å². The first-order valence-electron chi connectivity index (χ1n) is 7.05. The summed E-state index contributed by atoms with van der Waals surface area (Å²) in [7, 11) is 0. The van der Waals surface area contributed by atoms with Crippen molar-refractivity contribution in [1.82, 2.24) is 5.32 Å². The van der Waals surface area contributed by atoms with Gasteiger partial charge in [0, 0.05) is 6.04 Å². The maximum Gasteiger partial charge on any atom is 0.0327 e. The van der Waals surface area contributed by atoms with E-state index in [2.05, 4.69) is 65.9 Å². The molecule has 1 aromatic rings. The summed E-state index contributed by atoms with van der Waals surface area (Å²) in [6.07, 6.45) is 1.17. The molecule has 0 spiro atoms. The van der Waals surface area contributed by atoms with Gasteiger partial charge in [-0.1, -0.05) is 39.8 Å². The largest absolute Gasteiger partial charge is 0.310 e. The first-order chi connectivity index (χ1) is 8.24.